The van der Waals surface area contributed by atoms with E-state index in [1.807, 2.05) is 6.07 Å². The van der Waals surface area contributed by atoms with Crippen molar-refractivity contribution in [2.24, 2.45) is 0 Å². The zero-order valence-corrected chi connectivity index (χ0v) is 15.7. The quantitative estimate of drug-likeness (QED) is 0.732. The third-order valence-corrected chi connectivity index (χ3v) is 5.22. The number of hydrogen-bond donors (Lipinski definition) is 2. The normalized spacial score (nSPS) is 11.0. The number of methoxy groups -OCH3 is 2. The van der Waals surface area contributed by atoms with Gasteiger partial charge in [0.1, 0.15) is 0 Å². The van der Waals surface area contributed by atoms with Gasteiger partial charge < -0.3 is 14.8 Å². The Balaban J connectivity index is 2.04. The second kappa shape index (κ2) is 8.68. The van der Waals surface area contributed by atoms with Crippen LogP contribution in [0.1, 0.15) is 22.8 Å². The van der Waals surface area contributed by atoms with E-state index in [0.29, 0.717) is 30.2 Å². The average Bonchev–Trinajstić information content (AvgIpc) is 2.65. The summed E-state index contributed by atoms with van der Waals surface area (Å²) in [6.45, 7) is 2.31. The smallest absolute Gasteiger partial charge is 0.251 e. The lowest BCUT2D eigenvalue weighted by Gasteiger charge is -2.11. The van der Waals surface area contributed by atoms with Crippen LogP contribution in [0, 0.1) is 0 Å². The Labute approximate surface area is 153 Å². The van der Waals surface area contributed by atoms with E-state index in [0.717, 1.165) is 5.56 Å². The van der Waals surface area contributed by atoms with Gasteiger partial charge in [-0.2, -0.15) is 0 Å². The third kappa shape index (κ3) is 4.74. The van der Waals surface area contributed by atoms with Crippen molar-refractivity contribution in [1.29, 1.82) is 0 Å². The Morgan fingerprint density at radius 2 is 1.65 bits per heavy atom. The predicted molar refractivity (Wildman–Crippen MR) is 98.0 cm³/mol. The van der Waals surface area contributed by atoms with Gasteiger partial charge in [0.2, 0.25) is 10.0 Å². The number of benzene rings is 2. The van der Waals surface area contributed by atoms with E-state index in [1.54, 1.807) is 33.3 Å². The van der Waals surface area contributed by atoms with Crippen LogP contribution < -0.4 is 19.5 Å². The number of carbonyl (C=O) groups is 1. The molecule has 0 aliphatic heterocycles. The molecule has 140 valence electrons. The Morgan fingerprint density at radius 3 is 2.23 bits per heavy atom. The first kappa shape index (κ1) is 19.7. The minimum atomic E-state index is -3.53. The zero-order chi connectivity index (χ0) is 19.2. The van der Waals surface area contributed by atoms with Gasteiger partial charge in [0.25, 0.3) is 5.91 Å². The molecule has 2 rings (SSSR count). The number of hydrogen-bond acceptors (Lipinski definition) is 5. The van der Waals surface area contributed by atoms with Crippen LogP contribution in [0.2, 0.25) is 0 Å². The van der Waals surface area contributed by atoms with E-state index in [2.05, 4.69) is 10.0 Å². The molecule has 7 nitrogen and oxygen atoms in total. The lowest BCUT2D eigenvalue weighted by molar-refractivity contribution is 0.0950. The predicted octanol–water partition coefficient (Wildman–Crippen LogP) is 1.93. The summed E-state index contributed by atoms with van der Waals surface area (Å²) in [5.41, 5.74) is 1.23. The van der Waals surface area contributed by atoms with Crippen molar-refractivity contribution in [3.63, 3.8) is 0 Å². The van der Waals surface area contributed by atoms with Gasteiger partial charge in [-0.3, -0.25) is 4.79 Å². The van der Waals surface area contributed by atoms with Gasteiger partial charge in [-0.15, -0.1) is 0 Å². The summed E-state index contributed by atoms with van der Waals surface area (Å²) in [6.07, 6.45) is 0. The fraction of sp³-hybridized carbons (Fsp3) is 0.278. The van der Waals surface area contributed by atoms with E-state index >= 15 is 0 Å². The van der Waals surface area contributed by atoms with Gasteiger partial charge in [0, 0.05) is 18.7 Å². The largest absolute Gasteiger partial charge is 0.493 e. The van der Waals surface area contributed by atoms with Crippen molar-refractivity contribution in [2.75, 3.05) is 20.8 Å². The van der Waals surface area contributed by atoms with Gasteiger partial charge in [-0.25, -0.2) is 13.1 Å². The molecule has 0 saturated carbocycles. The summed E-state index contributed by atoms with van der Waals surface area (Å²) in [6, 6.07) is 11.1. The summed E-state index contributed by atoms with van der Waals surface area (Å²) in [5.74, 6) is 0.893. The second-order valence-corrected chi connectivity index (χ2v) is 7.16. The van der Waals surface area contributed by atoms with Crippen LogP contribution in [0.5, 0.6) is 11.5 Å². The van der Waals surface area contributed by atoms with Crippen molar-refractivity contribution in [3.8, 4) is 11.5 Å². The molecule has 2 aromatic rings. The Hall–Kier alpha value is -2.58. The van der Waals surface area contributed by atoms with E-state index < -0.39 is 10.0 Å². The number of rotatable bonds is 8. The van der Waals surface area contributed by atoms with Crippen molar-refractivity contribution < 1.29 is 22.7 Å². The van der Waals surface area contributed by atoms with Crippen LogP contribution in [0.25, 0.3) is 0 Å². The molecule has 0 heterocycles. The number of nitrogens with one attached hydrogen (secondary N) is 2. The number of carbonyl (C=O) groups excluding carboxylic acids is 1. The molecule has 0 spiro atoms. The highest BCUT2D eigenvalue weighted by Gasteiger charge is 2.14. The maximum Gasteiger partial charge on any atom is 0.251 e. The molecule has 2 N–H and O–H groups in total. The van der Waals surface area contributed by atoms with Gasteiger partial charge in [0.15, 0.2) is 11.5 Å². The molecule has 0 unspecified atom stereocenters. The van der Waals surface area contributed by atoms with Crippen molar-refractivity contribution in [1.82, 2.24) is 10.0 Å². The highest BCUT2D eigenvalue weighted by molar-refractivity contribution is 7.89. The zero-order valence-electron chi connectivity index (χ0n) is 14.9. The summed E-state index contributed by atoms with van der Waals surface area (Å²) in [4.78, 5) is 12.4. The van der Waals surface area contributed by atoms with Crippen LogP contribution in [0.3, 0.4) is 0 Å². The molecule has 0 aliphatic carbocycles. The van der Waals surface area contributed by atoms with Crippen LogP contribution in [-0.4, -0.2) is 35.1 Å². The Morgan fingerprint density at radius 1 is 1.00 bits per heavy atom. The van der Waals surface area contributed by atoms with Crippen LogP contribution in [0.15, 0.2) is 47.4 Å². The molecule has 8 heteroatoms. The summed E-state index contributed by atoms with van der Waals surface area (Å²) < 4.78 is 36.6. The SMILES string of the molecule is CCNS(=O)(=O)c1ccc(C(=O)NCc2ccc(OC)c(OC)c2)cc1. The Bertz CT molecular complexity index is 864. The van der Waals surface area contributed by atoms with E-state index in [-0.39, 0.29) is 10.8 Å². The first-order valence-electron chi connectivity index (χ1n) is 8.00. The lowest BCUT2D eigenvalue weighted by atomic mass is 10.1. The fourth-order valence-electron chi connectivity index (χ4n) is 2.33. The first-order valence-corrected chi connectivity index (χ1v) is 9.48. The van der Waals surface area contributed by atoms with Gasteiger partial charge >= 0.3 is 0 Å². The molecule has 0 aromatic heterocycles. The van der Waals surface area contributed by atoms with Crippen molar-refractivity contribution in [3.05, 3.63) is 53.6 Å². The summed E-state index contributed by atoms with van der Waals surface area (Å²) in [5, 5.41) is 2.79. The Kier molecular flexibility index (Phi) is 6.59. The first-order chi connectivity index (χ1) is 12.4. The topological polar surface area (TPSA) is 93.7 Å². The molecule has 1 amide bonds. The summed E-state index contributed by atoms with van der Waals surface area (Å²) in [7, 11) is -0.430. The molecular formula is C18H22N2O5S. The standard InChI is InChI=1S/C18H22N2O5S/c1-4-20-26(22,23)15-8-6-14(7-9-15)18(21)19-12-13-5-10-16(24-2)17(11-13)25-3/h5-11,20H,4,12H2,1-3H3,(H,19,21). The lowest BCUT2D eigenvalue weighted by Crippen LogP contribution is -2.24. The molecule has 2 aromatic carbocycles. The van der Waals surface area contributed by atoms with E-state index in [4.69, 9.17) is 9.47 Å². The highest BCUT2D eigenvalue weighted by Crippen LogP contribution is 2.27. The summed E-state index contributed by atoms with van der Waals surface area (Å²) >= 11 is 0. The van der Waals surface area contributed by atoms with E-state index in [1.165, 1.54) is 24.3 Å². The maximum absolute atomic E-state index is 12.3. The maximum atomic E-state index is 12.3. The second-order valence-electron chi connectivity index (χ2n) is 5.40. The van der Waals surface area contributed by atoms with Gasteiger partial charge in [-0.05, 0) is 42.0 Å². The average molecular weight is 378 g/mol. The monoisotopic (exact) mass is 378 g/mol. The molecule has 0 radical (unpaired) electrons. The highest BCUT2D eigenvalue weighted by atomic mass is 32.2. The van der Waals surface area contributed by atoms with Crippen molar-refractivity contribution >= 4 is 15.9 Å². The molecule has 0 fully saturated rings. The fourth-order valence-corrected chi connectivity index (χ4v) is 3.37. The number of sulfonamides is 1. The van der Waals surface area contributed by atoms with Gasteiger partial charge in [-0.1, -0.05) is 13.0 Å². The number of ether oxygens (including phenoxy) is 2. The molecular weight excluding hydrogens is 356 g/mol. The number of amides is 1. The third-order valence-electron chi connectivity index (χ3n) is 3.66. The minimum Gasteiger partial charge on any atom is -0.493 e. The van der Waals surface area contributed by atoms with Crippen molar-refractivity contribution in [2.45, 2.75) is 18.4 Å². The van der Waals surface area contributed by atoms with Crippen LogP contribution in [-0.2, 0) is 16.6 Å². The van der Waals surface area contributed by atoms with Crippen LogP contribution in [0.4, 0.5) is 0 Å². The molecule has 0 bridgehead atoms. The molecule has 0 saturated heterocycles. The van der Waals surface area contributed by atoms with Gasteiger partial charge in [0.05, 0.1) is 19.1 Å². The molecule has 0 aliphatic rings. The molecule has 0 atom stereocenters. The molecule has 26 heavy (non-hydrogen) atoms. The minimum absolute atomic E-state index is 0.121. The van der Waals surface area contributed by atoms with Crippen LogP contribution >= 0.6 is 0 Å². The van der Waals surface area contributed by atoms with E-state index in [9.17, 15) is 13.2 Å².